The van der Waals surface area contributed by atoms with E-state index in [1.165, 1.54) is 0 Å². The number of carboxylic acid groups (broad SMARTS) is 1. The molecule has 1 unspecified atom stereocenters. The molecule has 0 fully saturated rings. The van der Waals surface area contributed by atoms with Gasteiger partial charge in [0.15, 0.2) is 0 Å². The zero-order chi connectivity index (χ0) is 20.0. The number of aliphatic carboxylic acids is 1. The summed E-state index contributed by atoms with van der Waals surface area (Å²) in [5, 5.41) is 12.1. The molecule has 27 heavy (non-hydrogen) atoms. The van der Waals surface area contributed by atoms with Crippen molar-refractivity contribution in [2.24, 2.45) is 5.41 Å². The molecule has 2 N–H and O–H groups in total. The summed E-state index contributed by atoms with van der Waals surface area (Å²) in [4.78, 5) is 28.5. The fraction of sp³-hybridized carbons (Fsp3) is 0.381. The molecule has 144 valence electrons. The zero-order valence-electron chi connectivity index (χ0n) is 16.2. The topological polar surface area (TPSA) is 88.5 Å². The van der Waals surface area contributed by atoms with E-state index in [2.05, 4.69) is 10.3 Å². The van der Waals surface area contributed by atoms with Crippen LogP contribution in [-0.4, -0.2) is 35.1 Å². The lowest BCUT2D eigenvalue weighted by molar-refractivity contribution is -0.139. The quantitative estimate of drug-likeness (QED) is 0.774. The van der Waals surface area contributed by atoms with E-state index in [4.69, 9.17) is 4.74 Å². The second-order valence-corrected chi connectivity index (χ2v) is 7.59. The monoisotopic (exact) mass is 370 g/mol. The first-order valence-corrected chi connectivity index (χ1v) is 8.84. The van der Waals surface area contributed by atoms with Crippen molar-refractivity contribution in [2.45, 2.75) is 39.7 Å². The van der Waals surface area contributed by atoms with Crippen LogP contribution in [0.4, 0.5) is 0 Å². The lowest BCUT2D eigenvalue weighted by Gasteiger charge is -2.21. The van der Waals surface area contributed by atoms with Gasteiger partial charge in [-0.1, -0.05) is 26.8 Å². The number of nitrogens with one attached hydrogen (secondary N) is 1. The van der Waals surface area contributed by atoms with Crippen molar-refractivity contribution in [1.29, 1.82) is 0 Å². The summed E-state index contributed by atoms with van der Waals surface area (Å²) in [5.41, 5.74) is 1.70. The third-order valence-electron chi connectivity index (χ3n) is 4.19. The molecule has 0 bridgehead atoms. The van der Waals surface area contributed by atoms with Gasteiger partial charge in [-0.25, -0.2) is 4.79 Å². The molecule has 0 radical (unpaired) electrons. The second kappa shape index (κ2) is 8.66. The number of ether oxygens (including phenoxy) is 1. The van der Waals surface area contributed by atoms with Crippen LogP contribution in [0.3, 0.4) is 0 Å². The number of benzene rings is 1. The first-order valence-electron chi connectivity index (χ1n) is 8.84. The Kier molecular flexibility index (Phi) is 6.55. The lowest BCUT2D eigenvalue weighted by atomic mass is 9.88. The molecule has 0 saturated heterocycles. The van der Waals surface area contributed by atoms with Crippen molar-refractivity contribution in [3.8, 4) is 17.0 Å². The molecule has 0 spiro atoms. The van der Waals surface area contributed by atoms with Gasteiger partial charge in [-0.3, -0.25) is 9.78 Å². The molecular formula is C21H26N2O4. The van der Waals surface area contributed by atoms with Gasteiger partial charge in [0.05, 0.1) is 12.8 Å². The number of carbonyl (C=O) groups is 2. The van der Waals surface area contributed by atoms with E-state index in [0.717, 1.165) is 0 Å². The molecule has 2 rings (SSSR count). The highest BCUT2D eigenvalue weighted by atomic mass is 16.5. The molecule has 6 heteroatoms. The minimum Gasteiger partial charge on any atom is -0.496 e. The van der Waals surface area contributed by atoms with Crippen molar-refractivity contribution in [3.05, 3.63) is 48.2 Å². The molecule has 0 aliphatic rings. The maximum absolute atomic E-state index is 12.6. The van der Waals surface area contributed by atoms with Crippen LogP contribution in [0.25, 0.3) is 11.3 Å². The molecule has 6 nitrogen and oxygen atoms in total. The Balaban J connectivity index is 2.24. The van der Waals surface area contributed by atoms with Gasteiger partial charge >= 0.3 is 5.97 Å². The summed E-state index contributed by atoms with van der Waals surface area (Å²) in [6.07, 6.45) is 2.72. The molecule has 2 aromatic rings. The van der Waals surface area contributed by atoms with E-state index in [9.17, 15) is 14.7 Å². The summed E-state index contributed by atoms with van der Waals surface area (Å²) in [5.74, 6) is -0.880. The molecule has 0 aliphatic carbocycles. The van der Waals surface area contributed by atoms with Gasteiger partial charge < -0.3 is 15.2 Å². The van der Waals surface area contributed by atoms with Gasteiger partial charge in [0.1, 0.15) is 11.8 Å². The SMILES string of the molecule is COc1ccc(C(=O)NC(CCC(C)(C)C)C(=O)O)cc1-c1ccccn1. The van der Waals surface area contributed by atoms with E-state index < -0.39 is 17.9 Å². The summed E-state index contributed by atoms with van der Waals surface area (Å²) in [6.45, 7) is 6.11. The number of nitrogens with zero attached hydrogens (tertiary/aromatic N) is 1. The molecule has 0 saturated carbocycles. The summed E-state index contributed by atoms with van der Waals surface area (Å²) >= 11 is 0. The molecule has 1 heterocycles. The van der Waals surface area contributed by atoms with Crippen molar-refractivity contribution >= 4 is 11.9 Å². The van der Waals surface area contributed by atoms with Crippen molar-refractivity contribution in [2.75, 3.05) is 7.11 Å². The van der Waals surface area contributed by atoms with Crippen LogP contribution in [0.15, 0.2) is 42.6 Å². The minimum absolute atomic E-state index is 0.00924. The Bertz CT molecular complexity index is 798. The average molecular weight is 370 g/mol. The van der Waals surface area contributed by atoms with Crippen molar-refractivity contribution < 1.29 is 19.4 Å². The van der Waals surface area contributed by atoms with E-state index in [1.807, 2.05) is 32.9 Å². The van der Waals surface area contributed by atoms with Crippen LogP contribution in [0.1, 0.15) is 44.0 Å². The first-order chi connectivity index (χ1) is 12.7. The number of hydrogen-bond acceptors (Lipinski definition) is 4. The van der Waals surface area contributed by atoms with E-state index in [1.54, 1.807) is 37.6 Å². The second-order valence-electron chi connectivity index (χ2n) is 7.59. The fourth-order valence-corrected chi connectivity index (χ4v) is 2.65. The molecular weight excluding hydrogens is 344 g/mol. The highest BCUT2D eigenvalue weighted by Gasteiger charge is 2.23. The Morgan fingerprint density at radius 2 is 1.96 bits per heavy atom. The third kappa shape index (κ3) is 5.81. The summed E-state index contributed by atoms with van der Waals surface area (Å²) in [6, 6.07) is 9.51. The number of methoxy groups -OCH3 is 1. The Morgan fingerprint density at radius 3 is 2.52 bits per heavy atom. The summed E-state index contributed by atoms with van der Waals surface area (Å²) < 4.78 is 5.36. The predicted molar refractivity (Wildman–Crippen MR) is 104 cm³/mol. The van der Waals surface area contributed by atoms with Gasteiger partial charge in [-0.2, -0.15) is 0 Å². The number of hydrogen-bond donors (Lipinski definition) is 2. The van der Waals surface area contributed by atoms with E-state index in [0.29, 0.717) is 35.4 Å². The van der Waals surface area contributed by atoms with Crippen molar-refractivity contribution in [3.63, 3.8) is 0 Å². The van der Waals surface area contributed by atoms with Crippen LogP contribution >= 0.6 is 0 Å². The molecule has 1 atom stereocenters. The fourth-order valence-electron chi connectivity index (χ4n) is 2.65. The van der Waals surface area contributed by atoms with E-state index in [-0.39, 0.29) is 5.41 Å². The predicted octanol–water partition coefficient (Wildman–Crippen LogP) is 3.77. The number of carboxylic acids is 1. The number of carbonyl (C=O) groups excluding carboxylic acids is 1. The molecule has 0 aliphatic heterocycles. The minimum atomic E-state index is -1.04. The van der Waals surface area contributed by atoms with E-state index >= 15 is 0 Å². The molecule has 1 aromatic carbocycles. The standard InChI is InChI=1S/C21H26N2O4/c1-21(2,3)11-10-17(20(25)26)23-19(24)14-8-9-18(27-4)15(13-14)16-7-5-6-12-22-16/h5-9,12-13,17H,10-11H2,1-4H3,(H,23,24)(H,25,26). The Hall–Kier alpha value is -2.89. The highest BCUT2D eigenvalue weighted by molar-refractivity contribution is 5.98. The van der Waals surface area contributed by atoms with Crippen LogP contribution in [0.2, 0.25) is 0 Å². The Labute approximate surface area is 159 Å². The zero-order valence-corrected chi connectivity index (χ0v) is 16.2. The normalized spacial score (nSPS) is 12.3. The maximum atomic E-state index is 12.6. The van der Waals surface area contributed by atoms with Gasteiger partial charge in [-0.15, -0.1) is 0 Å². The number of aromatic nitrogens is 1. The lowest BCUT2D eigenvalue weighted by Crippen LogP contribution is -2.41. The molecule has 1 aromatic heterocycles. The van der Waals surface area contributed by atoms with Gasteiger partial charge in [0.2, 0.25) is 0 Å². The number of amides is 1. The Morgan fingerprint density at radius 1 is 1.22 bits per heavy atom. The van der Waals surface area contributed by atoms with Crippen molar-refractivity contribution in [1.82, 2.24) is 10.3 Å². The van der Waals surface area contributed by atoms with Gasteiger partial charge in [0.25, 0.3) is 5.91 Å². The number of pyridine rings is 1. The summed E-state index contributed by atoms with van der Waals surface area (Å²) in [7, 11) is 1.55. The van der Waals surface area contributed by atoms with Gasteiger partial charge in [-0.05, 0) is 48.6 Å². The molecule has 1 amide bonds. The van der Waals surface area contributed by atoms with Gasteiger partial charge in [0, 0.05) is 17.3 Å². The van der Waals surface area contributed by atoms with Crippen LogP contribution in [-0.2, 0) is 4.79 Å². The van der Waals surface area contributed by atoms with Crippen LogP contribution in [0, 0.1) is 5.41 Å². The maximum Gasteiger partial charge on any atom is 0.326 e. The number of rotatable bonds is 7. The van der Waals surface area contributed by atoms with Crippen LogP contribution < -0.4 is 10.1 Å². The third-order valence-corrected chi connectivity index (χ3v) is 4.19. The highest BCUT2D eigenvalue weighted by Crippen LogP contribution is 2.29. The average Bonchev–Trinajstić information content (AvgIpc) is 2.64. The first kappa shape index (κ1) is 20.4. The smallest absolute Gasteiger partial charge is 0.326 e. The van der Waals surface area contributed by atoms with Crippen LogP contribution in [0.5, 0.6) is 5.75 Å². The largest absolute Gasteiger partial charge is 0.496 e.